The van der Waals surface area contributed by atoms with E-state index in [9.17, 15) is 8.78 Å². The molecule has 1 aliphatic heterocycles. The largest absolute Gasteiger partial charge is 0.377 e. The number of hydrogen-bond donors (Lipinski definition) is 1. The maximum absolute atomic E-state index is 11.8. The van der Waals surface area contributed by atoms with Crippen molar-refractivity contribution in [3.05, 3.63) is 0 Å². The van der Waals surface area contributed by atoms with Gasteiger partial charge in [0, 0.05) is 6.04 Å². The van der Waals surface area contributed by atoms with Crippen LogP contribution >= 0.6 is 0 Å². The zero-order valence-corrected chi connectivity index (χ0v) is 7.39. The molecule has 0 radical (unpaired) electrons. The Labute approximate surface area is 71.3 Å². The van der Waals surface area contributed by atoms with E-state index in [1.807, 2.05) is 13.8 Å². The fourth-order valence-electron chi connectivity index (χ4n) is 1.37. The minimum atomic E-state index is -2.27. The molecule has 1 fully saturated rings. The van der Waals surface area contributed by atoms with Gasteiger partial charge in [-0.15, -0.1) is 0 Å². The van der Waals surface area contributed by atoms with Gasteiger partial charge in [-0.3, -0.25) is 0 Å². The van der Waals surface area contributed by atoms with Crippen molar-refractivity contribution in [2.45, 2.75) is 32.4 Å². The average molecular weight is 179 g/mol. The van der Waals surface area contributed by atoms with Gasteiger partial charge in [-0.25, -0.2) is 8.78 Å². The third-order valence-corrected chi connectivity index (χ3v) is 2.45. The van der Waals surface area contributed by atoms with E-state index in [0.29, 0.717) is 12.5 Å². The van der Waals surface area contributed by atoms with Gasteiger partial charge in [0.25, 0.3) is 6.43 Å². The Morgan fingerprint density at radius 3 is 2.58 bits per heavy atom. The van der Waals surface area contributed by atoms with Crippen molar-refractivity contribution < 1.29 is 13.5 Å². The van der Waals surface area contributed by atoms with Gasteiger partial charge in [-0.1, -0.05) is 6.92 Å². The number of hydrogen-bond acceptors (Lipinski definition) is 2. The fraction of sp³-hybridized carbons (Fsp3) is 1.00. The summed E-state index contributed by atoms with van der Waals surface area (Å²) < 4.78 is 28.9. The van der Waals surface area contributed by atoms with Crippen molar-refractivity contribution in [2.75, 3.05) is 13.2 Å². The first-order chi connectivity index (χ1) is 5.61. The van der Waals surface area contributed by atoms with Crippen LogP contribution in [0.3, 0.4) is 0 Å². The monoisotopic (exact) mass is 179 g/mol. The second-order valence-electron chi connectivity index (χ2n) is 3.30. The maximum atomic E-state index is 11.8. The van der Waals surface area contributed by atoms with Crippen LogP contribution < -0.4 is 5.32 Å². The van der Waals surface area contributed by atoms with Gasteiger partial charge in [0.15, 0.2) is 0 Å². The van der Waals surface area contributed by atoms with Gasteiger partial charge in [-0.2, -0.15) is 0 Å². The molecule has 2 nitrogen and oxygen atoms in total. The molecule has 72 valence electrons. The second-order valence-corrected chi connectivity index (χ2v) is 3.30. The second kappa shape index (κ2) is 4.14. The minimum Gasteiger partial charge on any atom is -0.377 e. The molecule has 12 heavy (non-hydrogen) atoms. The van der Waals surface area contributed by atoms with Crippen molar-refractivity contribution in [3.63, 3.8) is 0 Å². The van der Waals surface area contributed by atoms with Crippen LogP contribution in [0.5, 0.6) is 0 Å². The van der Waals surface area contributed by atoms with Crippen LogP contribution in [0.4, 0.5) is 8.78 Å². The van der Waals surface area contributed by atoms with Crippen molar-refractivity contribution in [3.8, 4) is 0 Å². The predicted molar refractivity (Wildman–Crippen MR) is 42.4 cm³/mol. The average Bonchev–Trinajstić information content (AvgIpc) is 2.30. The molecule has 0 spiro atoms. The lowest BCUT2D eigenvalue weighted by atomic mass is 10.0. The minimum absolute atomic E-state index is 0.0917. The highest BCUT2D eigenvalue weighted by Crippen LogP contribution is 2.20. The quantitative estimate of drug-likeness (QED) is 0.704. The first kappa shape index (κ1) is 9.86. The summed E-state index contributed by atoms with van der Waals surface area (Å²) in [7, 11) is 0. The number of nitrogens with one attached hydrogen (secondary N) is 1. The van der Waals surface area contributed by atoms with Crippen LogP contribution in [0.1, 0.15) is 13.8 Å². The molecule has 0 bridgehead atoms. The van der Waals surface area contributed by atoms with Crippen molar-refractivity contribution >= 4 is 0 Å². The van der Waals surface area contributed by atoms with E-state index < -0.39 is 6.43 Å². The molecule has 0 aromatic heterocycles. The predicted octanol–water partition coefficient (Wildman–Crippen LogP) is 1.26. The zero-order chi connectivity index (χ0) is 9.14. The maximum Gasteiger partial charge on any atom is 0.250 e. The smallest absolute Gasteiger partial charge is 0.250 e. The van der Waals surface area contributed by atoms with Crippen LogP contribution in [0.15, 0.2) is 0 Å². The summed E-state index contributed by atoms with van der Waals surface area (Å²) >= 11 is 0. The summed E-state index contributed by atoms with van der Waals surface area (Å²) in [6.45, 7) is 4.30. The topological polar surface area (TPSA) is 21.3 Å². The summed E-state index contributed by atoms with van der Waals surface area (Å²) in [5.74, 6) is 0.323. The fourth-order valence-corrected chi connectivity index (χ4v) is 1.37. The van der Waals surface area contributed by atoms with Gasteiger partial charge in [0.1, 0.15) is 0 Å². The lowest BCUT2D eigenvalue weighted by Gasteiger charge is -2.16. The SMILES string of the molecule is CC1OCC(NCC(F)F)C1C. The Bertz CT molecular complexity index is 143. The Morgan fingerprint density at radius 1 is 1.50 bits per heavy atom. The zero-order valence-electron chi connectivity index (χ0n) is 7.39. The molecule has 3 atom stereocenters. The molecular weight excluding hydrogens is 164 g/mol. The molecule has 1 heterocycles. The first-order valence-corrected chi connectivity index (χ1v) is 4.24. The summed E-state index contributed by atoms with van der Waals surface area (Å²) in [5, 5.41) is 2.79. The highest BCUT2D eigenvalue weighted by atomic mass is 19.3. The third kappa shape index (κ3) is 2.38. The Hall–Kier alpha value is -0.220. The van der Waals surface area contributed by atoms with E-state index in [-0.39, 0.29) is 18.7 Å². The molecule has 3 unspecified atom stereocenters. The summed E-state index contributed by atoms with van der Waals surface area (Å²) in [4.78, 5) is 0. The van der Waals surface area contributed by atoms with Gasteiger partial charge < -0.3 is 10.1 Å². The number of rotatable bonds is 3. The molecule has 0 aliphatic carbocycles. The molecule has 1 N–H and O–H groups in total. The van der Waals surface area contributed by atoms with E-state index >= 15 is 0 Å². The first-order valence-electron chi connectivity index (χ1n) is 4.24. The van der Waals surface area contributed by atoms with Crippen molar-refractivity contribution in [2.24, 2.45) is 5.92 Å². The Morgan fingerprint density at radius 2 is 2.17 bits per heavy atom. The molecule has 1 aliphatic rings. The van der Waals surface area contributed by atoms with Crippen LogP contribution in [-0.2, 0) is 4.74 Å². The van der Waals surface area contributed by atoms with Crippen LogP contribution in [0, 0.1) is 5.92 Å². The Kier molecular flexibility index (Phi) is 3.40. The molecule has 1 rings (SSSR count). The summed E-state index contributed by atoms with van der Waals surface area (Å²) in [5.41, 5.74) is 0. The van der Waals surface area contributed by atoms with Crippen LogP contribution in [0.2, 0.25) is 0 Å². The molecule has 0 amide bonds. The third-order valence-electron chi connectivity index (χ3n) is 2.45. The van der Waals surface area contributed by atoms with Crippen molar-refractivity contribution in [1.29, 1.82) is 0 Å². The number of halogens is 2. The lowest BCUT2D eigenvalue weighted by molar-refractivity contribution is 0.107. The molecule has 0 saturated carbocycles. The number of ether oxygens (including phenoxy) is 1. The van der Waals surface area contributed by atoms with Gasteiger partial charge in [0.2, 0.25) is 0 Å². The highest BCUT2D eigenvalue weighted by Gasteiger charge is 2.30. The normalized spacial score (nSPS) is 36.2. The molecule has 0 aromatic carbocycles. The van der Waals surface area contributed by atoms with Crippen LogP contribution in [0.25, 0.3) is 0 Å². The van der Waals surface area contributed by atoms with E-state index in [1.54, 1.807) is 0 Å². The summed E-state index contributed by atoms with van der Waals surface area (Å²) in [6.07, 6.45) is -2.09. The van der Waals surface area contributed by atoms with E-state index in [1.165, 1.54) is 0 Å². The standard InChI is InChI=1S/C8H15F2NO/c1-5-6(2)12-4-7(5)11-3-8(9)10/h5-8,11H,3-4H2,1-2H3. The Balaban J connectivity index is 2.24. The van der Waals surface area contributed by atoms with Crippen LogP contribution in [-0.4, -0.2) is 31.7 Å². The molecule has 4 heteroatoms. The van der Waals surface area contributed by atoms with Gasteiger partial charge in [-0.05, 0) is 12.8 Å². The lowest BCUT2D eigenvalue weighted by Crippen LogP contribution is -2.38. The van der Waals surface area contributed by atoms with Gasteiger partial charge >= 0.3 is 0 Å². The van der Waals surface area contributed by atoms with E-state index in [2.05, 4.69) is 5.32 Å². The van der Waals surface area contributed by atoms with Crippen molar-refractivity contribution in [1.82, 2.24) is 5.32 Å². The summed E-state index contributed by atoms with van der Waals surface area (Å²) in [6, 6.07) is 0.0917. The van der Waals surface area contributed by atoms with E-state index in [0.717, 1.165) is 0 Å². The molecular formula is C8H15F2NO. The molecule has 0 aromatic rings. The molecule has 1 saturated heterocycles. The number of alkyl halides is 2. The van der Waals surface area contributed by atoms with E-state index in [4.69, 9.17) is 4.74 Å². The van der Waals surface area contributed by atoms with Gasteiger partial charge in [0.05, 0.1) is 19.3 Å². The highest BCUT2D eigenvalue weighted by molar-refractivity contribution is 4.83.